The Kier molecular flexibility index (Phi) is 32.6. The second-order valence-electron chi connectivity index (χ2n) is 13.4. The fourth-order valence-electron chi connectivity index (χ4n) is 5.48. The summed E-state index contributed by atoms with van der Waals surface area (Å²) in [6, 6.07) is -1.51. The van der Waals surface area contributed by atoms with Crippen LogP contribution in [0.5, 0.6) is 0 Å². The summed E-state index contributed by atoms with van der Waals surface area (Å²) >= 11 is 0. The number of hydrogen-bond acceptors (Lipinski definition) is 9. The third kappa shape index (κ3) is 33.4. The third-order valence-corrected chi connectivity index (χ3v) is 9.56. The lowest BCUT2D eigenvalue weighted by Crippen LogP contribution is -2.34. The van der Waals surface area contributed by atoms with E-state index in [-0.39, 0.29) is 19.4 Å². The van der Waals surface area contributed by atoms with Crippen molar-refractivity contribution in [2.45, 2.75) is 199 Å². The Morgan fingerprint density at radius 3 is 1.29 bits per heavy atom. The molecule has 49 heavy (non-hydrogen) atoms. The summed E-state index contributed by atoms with van der Waals surface area (Å²) in [4.78, 5) is 45.6. The van der Waals surface area contributed by atoms with Gasteiger partial charge in [-0.15, -0.1) is 0 Å². The Balaban J connectivity index is 4.31. The molecule has 11 nitrogen and oxygen atoms in total. The molecule has 0 aliphatic rings. The van der Waals surface area contributed by atoms with Crippen LogP contribution in [0, 0.1) is 0 Å². The normalized spacial score (nSPS) is 13.9. The van der Waals surface area contributed by atoms with Crippen molar-refractivity contribution >= 4 is 25.7 Å². The van der Waals surface area contributed by atoms with Crippen molar-refractivity contribution in [1.82, 2.24) is 0 Å². The molecule has 0 amide bonds. The summed E-state index contributed by atoms with van der Waals surface area (Å²) < 4.78 is 32.5. The summed E-state index contributed by atoms with van der Waals surface area (Å²) in [7, 11) is -4.70. The van der Waals surface area contributed by atoms with Crippen LogP contribution in [0.3, 0.4) is 0 Å². The molecule has 0 saturated carbocycles. The largest absolute Gasteiger partial charge is 0.480 e. The van der Waals surface area contributed by atoms with Gasteiger partial charge < -0.3 is 25.2 Å². The third-order valence-electron chi connectivity index (χ3n) is 8.61. The van der Waals surface area contributed by atoms with Crippen LogP contribution in [0.1, 0.15) is 187 Å². The second-order valence-corrected chi connectivity index (χ2v) is 14.9. The summed E-state index contributed by atoms with van der Waals surface area (Å²) in [5.41, 5.74) is 5.31. The number of aliphatic carboxylic acids is 1. The van der Waals surface area contributed by atoms with Gasteiger partial charge in [0.2, 0.25) is 0 Å². The smallest absolute Gasteiger partial charge is 0.472 e. The number of hydrogen-bond donors (Lipinski definition) is 3. The number of ether oxygens (including phenoxy) is 2. The minimum absolute atomic E-state index is 0.169. The lowest BCUT2D eigenvalue weighted by atomic mass is 10.0. The van der Waals surface area contributed by atoms with Crippen LogP contribution in [-0.4, -0.2) is 59.9 Å². The maximum absolute atomic E-state index is 12.5. The minimum Gasteiger partial charge on any atom is -0.480 e. The van der Waals surface area contributed by atoms with Gasteiger partial charge in [-0.25, -0.2) is 4.57 Å². The zero-order valence-corrected chi connectivity index (χ0v) is 31.9. The molecule has 0 heterocycles. The van der Waals surface area contributed by atoms with Gasteiger partial charge in [-0.05, 0) is 12.8 Å². The maximum Gasteiger partial charge on any atom is 0.472 e. The summed E-state index contributed by atoms with van der Waals surface area (Å²) in [5.74, 6) is -2.37. The predicted molar refractivity (Wildman–Crippen MR) is 194 cm³/mol. The molecule has 0 aliphatic heterocycles. The molecule has 0 aromatic carbocycles. The van der Waals surface area contributed by atoms with E-state index in [1.165, 1.54) is 109 Å². The fraction of sp³-hybridized carbons (Fsp3) is 0.919. The van der Waals surface area contributed by atoms with E-state index in [0.717, 1.165) is 38.5 Å². The maximum atomic E-state index is 12.5. The molecule has 0 aromatic heterocycles. The Labute approximate surface area is 297 Å². The first kappa shape index (κ1) is 47.5. The molecular formula is C37H72NO10P. The summed E-state index contributed by atoms with van der Waals surface area (Å²) in [5, 5.41) is 8.85. The average Bonchev–Trinajstić information content (AvgIpc) is 3.07. The number of esters is 2. The molecule has 0 aromatic rings. The number of phosphoric ester groups is 1. The first-order valence-corrected chi connectivity index (χ1v) is 21.1. The molecule has 0 rings (SSSR count). The Morgan fingerprint density at radius 1 is 0.551 bits per heavy atom. The van der Waals surface area contributed by atoms with Crippen molar-refractivity contribution in [3.63, 3.8) is 0 Å². The van der Waals surface area contributed by atoms with Gasteiger partial charge in [-0.2, -0.15) is 0 Å². The van der Waals surface area contributed by atoms with Gasteiger partial charge in [0.05, 0.1) is 13.2 Å². The van der Waals surface area contributed by atoms with Crippen LogP contribution in [0.15, 0.2) is 0 Å². The van der Waals surface area contributed by atoms with E-state index in [0.29, 0.717) is 12.8 Å². The highest BCUT2D eigenvalue weighted by Crippen LogP contribution is 2.43. The van der Waals surface area contributed by atoms with E-state index in [2.05, 4.69) is 18.4 Å². The number of unbranched alkanes of at least 4 members (excludes halogenated alkanes) is 23. The molecule has 12 heteroatoms. The van der Waals surface area contributed by atoms with Crippen molar-refractivity contribution in [3.8, 4) is 0 Å². The average molecular weight is 722 g/mol. The highest BCUT2D eigenvalue weighted by atomic mass is 31.2. The Morgan fingerprint density at radius 2 is 0.898 bits per heavy atom. The number of carboxylic acid groups (broad SMARTS) is 1. The molecule has 0 radical (unpaired) electrons. The highest BCUT2D eigenvalue weighted by Gasteiger charge is 2.28. The molecule has 0 spiro atoms. The fourth-order valence-corrected chi connectivity index (χ4v) is 6.26. The molecule has 0 fully saturated rings. The zero-order valence-electron chi connectivity index (χ0n) is 31.1. The van der Waals surface area contributed by atoms with E-state index < -0.39 is 51.1 Å². The molecule has 0 aliphatic carbocycles. The molecule has 4 N–H and O–H groups in total. The molecule has 0 bridgehead atoms. The number of carboxylic acids is 1. The van der Waals surface area contributed by atoms with Crippen LogP contribution in [0.4, 0.5) is 0 Å². The first-order valence-electron chi connectivity index (χ1n) is 19.6. The van der Waals surface area contributed by atoms with Crippen LogP contribution in [-0.2, 0) is 37.5 Å². The molecule has 3 atom stereocenters. The van der Waals surface area contributed by atoms with E-state index in [4.69, 9.17) is 24.8 Å². The van der Waals surface area contributed by atoms with Gasteiger partial charge >= 0.3 is 25.7 Å². The number of phosphoric acid groups is 1. The molecule has 3 unspecified atom stereocenters. The monoisotopic (exact) mass is 721 g/mol. The van der Waals surface area contributed by atoms with Crippen LogP contribution >= 0.6 is 7.82 Å². The zero-order chi connectivity index (χ0) is 36.4. The lowest BCUT2D eigenvalue weighted by molar-refractivity contribution is -0.161. The minimum atomic E-state index is -4.70. The van der Waals surface area contributed by atoms with E-state index in [1.807, 2.05) is 0 Å². The van der Waals surface area contributed by atoms with Gasteiger partial charge in [0.15, 0.2) is 6.10 Å². The molecular weight excluding hydrogens is 649 g/mol. The molecule has 290 valence electrons. The van der Waals surface area contributed by atoms with E-state index in [1.54, 1.807) is 0 Å². The van der Waals surface area contributed by atoms with Crippen molar-refractivity contribution in [2.24, 2.45) is 5.73 Å². The van der Waals surface area contributed by atoms with Crippen LogP contribution in [0.25, 0.3) is 0 Å². The standard InChI is InChI=1S/C37H72NO10P/c1-3-5-7-9-11-13-14-15-16-17-18-19-20-21-23-25-27-29-36(40)48-33(31-46-49(43,44)47-32-34(38)37(41)42)30-45-35(39)28-26-24-22-12-10-8-6-4-2/h33-34H,3-32,38H2,1-2H3,(H,41,42)(H,43,44). The summed E-state index contributed by atoms with van der Waals surface area (Å²) in [6.07, 6.45) is 29.0. The first-order chi connectivity index (χ1) is 23.6. The Hall–Kier alpha value is -1.52. The van der Waals surface area contributed by atoms with Crippen molar-refractivity contribution in [1.29, 1.82) is 0 Å². The van der Waals surface area contributed by atoms with Crippen LogP contribution < -0.4 is 5.73 Å². The predicted octanol–water partition coefficient (Wildman–Crippen LogP) is 9.56. The van der Waals surface area contributed by atoms with Crippen molar-refractivity contribution in [3.05, 3.63) is 0 Å². The van der Waals surface area contributed by atoms with Gasteiger partial charge in [0.25, 0.3) is 0 Å². The number of carbonyl (C=O) groups excluding carboxylic acids is 2. The van der Waals surface area contributed by atoms with Gasteiger partial charge in [-0.1, -0.05) is 162 Å². The Bertz CT molecular complexity index is 859. The molecule has 0 saturated heterocycles. The number of carbonyl (C=O) groups is 3. The highest BCUT2D eigenvalue weighted by molar-refractivity contribution is 7.47. The number of nitrogens with two attached hydrogens (primary N) is 1. The topological polar surface area (TPSA) is 172 Å². The van der Waals surface area contributed by atoms with Crippen molar-refractivity contribution < 1.29 is 47.5 Å². The van der Waals surface area contributed by atoms with Gasteiger partial charge in [0, 0.05) is 12.8 Å². The van der Waals surface area contributed by atoms with Crippen molar-refractivity contribution in [2.75, 3.05) is 19.8 Å². The lowest BCUT2D eigenvalue weighted by Gasteiger charge is -2.20. The van der Waals surface area contributed by atoms with Gasteiger partial charge in [-0.3, -0.25) is 23.4 Å². The summed E-state index contributed by atoms with van der Waals surface area (Å²) in [6.45, 7) is 2.77. The number of rotatable bonds is 37. The van der Waals surface area contributed by atoms with E-state index >= 15 is 0 Å². The van der Waals surface area contributed by atoms with Gasteiger partial charge in [0.1, 0.15) is 12.6 Å². The quantitative estimate of drug-likeness (QED) is 0.0317. The van der Waals surface area contributed by atoms with Crippen LogP contribution in [0.2, 0.25) is 0 Å². The van der Waals surface area contributed by atoms with E-state index in [9.17, 15) is 23.8 Å². The SMILES string of the molecule is CCCCCCCCCCCCCCCCCCCC(=O)OC(COC(=O)CCCCCCCCCC)COP(=O)(O)OCC(N)C(=O)O. The second kappa shape index (κ2) is 33.6.